The van der Waals surface area contributed by atoms with Gasteiger partial charge in [0.05, 0.1) is 11.1 Å². The van der Waals surface area contributed by atoms with Crippen LogP contribution in [0.4, 0.5) is 26.3 Å². The van der Waals surface area contributed by atoms with Crippen molar-refractivity contribution in [2.75, 3.05) is 0 Å². The summed E-state index contributed by atoms with van der Waals surface area (Å²) >= 11 is 0. The third-order valence-corrected chi connectivity index (χ3v) is 7.22. The first kappa shape index (κ1) is 19.4. The van der Waals surface area contributed by atoms with Crippen LogP contribution in [0.2, 0.25) is 0 Å². The summed E-state index contributed by atoms with van der Waals surface area (Å²) in [6.07, 6.45) is -7.25. The minimum absolute atomic E-state index is 0.0153. The van der Waals surface area contributed by atoms with Crippen molar-refractivity contribution in [1.29, 1.82) is 0 Å². The number of carbonyl (C=O) groups is 1. The van der Waals surface area contributed by atoms with Crippen LogP contribution in [0.1, 0.15) is 53.6 Å². The Bertz CT molecular complexity index is 691. The Morgan fingerprint density at radius 1 is 0.885 bits per heavy atom. The zero-order chi connectivity index (χ0) is 19.3. The Hall–Kier alpha value is -1.38. The molecule has 2 aliphatic rings. The van der Waals surface area contributed by atoms with Gasteiger partial charge in [-0.25, -0.2) is 0 Å². The first-order chi connectivity index (χ1) is 12.0. The van der Waals surface area contributed by atoms with Gasteiger partial charge in [-0.05, 0) is 43.9 Å². The Kier molecular flexibility index (Phi) is 4.96. The van der Waals surface area contributed by atoms with E-state index in [1.165, 1.54) is 0 Å². The second kappa shape index (κ2) is 6.65. The number of halogens is 6. The SMILES string of the molecule is O=C(c1cc(C(F)(F)F)cc(C(F)(F)F)c1)C1CC2CCCC(C1)S2=O. The van der Waals surface area contributed by atoms with Gasteiger partial charge in [-0.1, -0.05) is 6.42 Å². The molecule has 0 N–H and O–H groups in total. The molecule has 2 fully saturated rings. The van der Waals surface area contributed by atoms with Gasteiger partial charge < -0.3 is 0 Å². The predicted octanol–water partition coefficient (Wildman–Crippen LogP) is 4.99. The number of hydrogen-bond donors (Lipinski definition) is 0. The number of rotatable bonds is 2. The van der Waals surface area contributed by atoms with Gasteiger partial charge in [-0.15, -0.1) is 0 Å². The zero-order valence-electron chi connectivity index (χ0n) is 13.5. The molecule has 2 unspecified atom stereocenters. The number of benzene rings is 1. The van der Waals surface area contributed by atoms with E-state index < -0.39 is 51.5 Å². The number of fused-ring (bicyclic) bond motifs is 2. The molecule has 2 atom stereocenters. The van der Waals surface area contributed by atoms with E-state index >= 15 is 0 Å². The van der Waals surface area contributed by atoms with E-state index in [-0.39, 0.29) is 29.4 Å². The average Bonchev–Trinajstić information content (AvgIpc) is 2.52. The van der Waals surface area contributed by atoms with E-state index in [4.69, 9.17) is 0 Å². The molecule has 0 amide bonds. The van der Waals surface area contributed by atoms with Crippen LogP contribution in [0.25, 0.3) is 0 Å². The summed E-state index contributed by atoms with van der Waals surface area (Å²) in [6.45, 7) is 0. The molecule has 1 aromatic rings. The van der Waals surface area contributed by atoms with Gasteiger partial charge in [0.2, 0.25) is 0 Å². The smallest absolute Gasteiger partial charge is 0.294 e. The fraction of sp³-hybridized carbons (Fsp3) is 0.588. The van der Waals surface area contributed by atoms with E-state index in [2.05, 4.69) is 0 Å². The van der Waals surface area contributed by atoms with Gasteiger partial charge in [0.15, 0.2) is 5.78 Å². The average molecular weight is 398 g/mol. The third-order valence-electron chi connectivity index (χ3n) is 5.05. The van der Waals surface area contributed by atoms with Crippen LogP contribution in [0.15, 0.2) is 18.2 Å². The highest BCUT2D eigenvalue weighted by Gasteiger charge is 2.42. The van der Waals surface area contributed by atoms with Crippen molar-refractivity contribution in [2.24, 2.45) is 5.92 Å². The molecule has 0 spiro atoms. The van der Waals surface area contributed by atoms with E-state index in [9.17, 15) is 35.3 Å². The summed E-state index contributed by atoms with van der Waals surface area (Å²) < 4.78 is 90.0. The third kappa shape index (κ3) is 3.82. The molecule has 2 heterocycles. The van der Waals surface area contributed by atoms with E-state index in [1.54, 1.807) is 0 Å². The molecular formula is C17H16F6O2S. The van der Waals surface area contributed by atoms with E-state index in [0.29, 0.717) is 25.0 Å². The van der Waals surface area contributed by atoms with Gasteiger partial charge in [0.1, 0.15) is 0 Å². The molecule has 3 rings (SSSR count). The maximum atomic E-state index is 13.0. The molecule has 2 bridgehead atoms. The first-order valence-electron chi connectivity index (χ1n) is 8.20. The maximum Gasteiger partial charge on any atom is 0.416 e. The fourth-order valence-corrected chi connectivity index (χ4v) is 5.97. The lowest BCUT2D eigenvalue weighted by Crippen LogP contribution is -2.41. The molecule has 2 saturated heterocycles. The van der Waals surface area contributed by atoms with Crippen LogP contribution < -0.4 is 0 Å². The highest BCUT2D eigenvalue weighted by Crippen LogP contribution is 2.40. The summed E-state index contributed by atoms with van der Waals surface area (Å²) in [5.74, 6) is -1.41. The van der Waals surface area contributed by atoms with Crippen molar-refractivity contribution < 1.29 is 35.3 Å². The van der Waals surface area contributed by atoms with Crippen molar-refractivity contribution in [3.05, 3.63) is 34.9 Å². The Morgan fingerprint density at radius 3 is 1.77 bits per heavy atom. The minimum Gasteiger partial charge on any atom is -0.294 e. The first-order valence-corrected chi connectivity index (χ1v) is 9.47. The van der Waals surface area contributed by atoms with Gasteiger partial charge in [-0.2, -0.15) is 26.3 Å². The molecule has 26 heavy (non-hydrogen) atoms. The molecule has 2 nitrogen and oxygen atoms in total. The van der Waals surface area contributed by atoms with Crippen LogP contribution in [-0.4, -0.2) is 20.5 Å². The Balaban J connectivity index is 1.95. The second-order valence-corrected chi connectivity index (χ2v) is 8.82. The Morgan fingerprint density at radius 2 is 1.35 bits per heavy atom. The predicted molar refractivity (Wildman–Crippen MR) is 83.1 cm³/mol. The van der Waals surface area contributed by atoms with Crippen LogP contribution in [0, 0.1) is 5.92 Å². The van der Waals surface area contributed by atoms with Gasteiger partial charge in [-0.3, -0.25) is 9.00 Å². The van der Waals surface area contributed by atoms with Gasteiger partial charge in [0, 0.05) is 32.8 Å². The highest BCUT2D eigenvalue weighted by molar-refractivity contribution is 7.86. The lowest BCUT2D eigenvalue weighted by atomic mass is 9.84. The summed E-state index contributed by atoms with van der Waals surface area (Å²) in [4.78, 5) is 12.7. The van der Waals surface area contributed by atoms with Crippen molar-refractivity contribution >= 4 is 16.6 Å². The van der Waals surface area contributed by atoms with Crippen LogP contribution in [0.3, 0.4) is 0 Å². The van der Waals surface area contributed by atoms with Gasteiger partial charge >= 0.3 is 12.4 Å². The van der Waals surface area contributed by atoms with Crippen LogP contribution in [-0.2, 0) is 23.2 Å². The zero-order valence-corrected chi connectivity index (χ0v) is 14.3. The van der Waals surface area contributed by atoms with E-state index in [0.717, 1.165) is 6.42 Å². The quantitative estimate of drug-likeness (QED) is 0.520. The topological polar surface area (TPSA) is 34.1 Å². The van der Waals surface area contributed by atoms with Crippen molar-refractivity contribution in [3.8, 4) is 0 Å². The normalized spacial score (nSPS) is 29.5. The summed E-state index contributed by atoms with van der Waals surface area (Å²) in [5, 5.41) is -0.409. The molecule has 144 valence electrons. The molecule has 0 saturated carbocycles. The molecule has 2 aliphatic heterocycles. The number of hydrogen-bond acceptors (Lipinski definition) is 2. The molecule has 1 aromatic carbocycles. The summed E-state index contributed by atoms with van der Waals surface area (Å²) in [6, 6.07) is 0.985. The molecular weight excluding hydrogens is 382 g/mol. The molecule has 0 aromatic heterocycles. The lowest BCUT2D eigenvalue weighted by Gasteiger charge is -2.37. The van der Waals surface area contributed by atoms with Crippen molar-refractivity contribution in [1.82, 2.24) is 0 Å². The standard InChI is InChI=1S/C17H16F6O2S/c18-16(19,20)11-4-9(5-12(8-11)17(21,22)23)15(24)10-6-13-2-1-3-14(7-10)26(13)25/h4-5,8,10,13-14H,1-3,6-7H2. The van der Waals surface area contributed by atoms with Crippen molar-refractivity contribution in [3.63, 3.8) is 0 Å². The number of alkyl halides is 6. The molecule has 0 radical (unpaired) electrons. The minimum atomic E-state index is -4.99. The highest BCUT2D eigenvalue weighted by atomic mass is 32.2. The lowest BCUT2D eigenvalue weighted by molar-refractivity contribution is -0.143. The fourth-order valence-electron chi connectivity index (χ4n) is 3.78. The second-order valence-electron chi connectivity index (χ2n) is 6.83. The summed E-state index contributed by atoms with van der Waals surface area (Å²) in [5.41, 5.74) is -3.56. The number of ketones is 1. The Labute approximate surface area is 148 Å². The molecule has 0 aliphatic carbocycles. The van der Waals surface area contributed by atoms with Crippen molar-refractivity contribution in [2.45, 2.75) is 55.0 Å². The van der Waals surface area contributed by atoms with Crippen LogP contribution >= 0.6 is 0 Å². The molecule has 9 heteroatoms. The number of Topliss-reactive ketones (excluding diaryl/α,β-unsaturated/α-hetero) is 1. The van der Waals surface area contributed by atoms with Gasteiger partial charge in [0.25, 0.3) is 0 Å². The van der Waals surface area contributed by atoms with E-state index in [1.807, 2.05) is 0 Å². The summed E-state index contributed by atoms with van der Waals surface area (Å²) in [7, 11) is -1.08. The number of carbonyl (C=O) groups excluding carboxylic acids is 1. The monoisotopic (exact) mass is 398 g/mol. The van der Waals surface area contributed by atoms with Crippen LogP contribution in [0.5, 0.6) is 0 Å². The maximum absolute atomic E-state index is 13.0. The largest absolute Gasteiger partial charge is 0.416 e.